The normalized spacial score (nSPS) is 16.2. The lowest BCUT2D eigenvalue weighted by molar-refractivity contribution is 0.0526. The van der Waals surface area contributed by atoms with Crippen LogP contribution in [0.2, 0.25) is 0 Å². The maximum Gasteiger partial charge on any atom is 0.341 e. The highest BCUT2D eigenvalue weighted by Crippen LogP contribution is 2.40. The highest BCUT2D eigenvalue weighted by Gasteiger charge is 2.29. The van der Waals surface area contributed by atoms with Gasteiger partial charge in [-0.2, -0.15) is 0 Å². The van der Waals surface area contributed by atoms with E-state index in [2.05, 4.69) is 12.2 Å². The average molecular weight is 357 g/mol. The van der Waals surface area contributed by atoms with Gasteiger partial charge in [-0.3, -0.25) is 4.79 Å². The van der Waals surface area contributed by atoms with Crippen LogP contribution in [0.15, 0.2) is 24.3 Å². The van der Waals surface area contributed by atoms with Crippen molar-refractivity contribution in [2.45, 2.75) is 40.0 Å². The molecule has 2 aromatic rings. The van der Waals surface area contributed by atoms with Crippen molar-refractivity contribution in [1.29, 1.82) is 0 Å². The Bertz CT molecular complexity index is 792. The monoisotopic (exact) mass is 357 g/mol. The summed E-state index contributed by atoms with van der Waals surface area (Å²) in [6, 6.07) is 7.40. The molecule has 1 aliphatic rings. The number of carbonyl (C=O) groups excluding carboxylic acids is 2. The number of benzene rings is 1. The van der Waals surface area contributed by atoms with E-state index in [1.54, 1.807) is 19.1 Å². The molecule has 0 fully saturated rings. The first kappa shape index (κ1) is 17.7. The number of aryl methyl sites for hydroxylation is 1. The number of fused-ring (bicyclic) bond motifs is 1. The Morgan fingerprint density at radius 3 is 2.68 bits per heavy atom. The molecule has 0 bridgehead atoms. The molecule has 1 aromatic heterocycles. The number of hydrogen-bond acceptors (Lipinski definition) is 4. The summed E-state index contributed by atoms with van der Waals surface area (Å²) < 4.78 is 5.24. The second-order valence-corrected chi connectivity index (χ2v) is 7.70. The predicted molar refractivity (Wildman–Crippen MR) is 101 cm³/mol. The van der Waals surface area contributed by atoms with E-state index in [0.717, 1.165) is 30.4 Å². The molecule has 1 atom stereocenters. The Morgan fingerprint density at radius 2 is 2.00 bits per heavy atom. The van der Waals surface area contributed by atoms with Gasteiger partial charge in [0.15, 0.2) is 0 Å². The lowest BCUT2D eigenvalue weighted by Gasteiger charge is -2.18. The first-order valence-electron chi connectivity index (χ1n) is 8.69. The number of ether oxygens (including phenoxy) is 1. The van der Waals surface area contributed by atoms with Crippen LogP contribution in [0.1, 0.15) is 57.0 Å². The molecule has 1 aromatic carbocycles. The third-order valence-corrected chi connectivity index (χ3v) is 5.70. The molecule has 25 heavy (non-hydrogen) atoms. The fourth-order valence-corrected chi connectivity index (χ4v) is 4.53. The standard InChI is InChI=1S/C20H23NO3S/c1-4-24-20(23)17-15-10-7-13(3)11-16(15)25-19(17)21-18(22)14-8-5-12(2)6-9-14/h5-6,8-9,13H,4,7,10-11H2,1-3H3,(H,21,22). The van der Waals surface area contributed by atoms with E-state index in [1.165, 1.54) is 16.2 Å². The molecule has 3 rings (SSSR count). The Kier molecular flexibility index (Phi) is 5.23. The number of esters is 1. The van der Waals surface area contributed by atoms with Crippen LogP contribution in [0.25, 0.3) is 0 Å². The van der Waals surface area contributed by atoms with Crippen molar-refractivity contribution in [2.75, 3.05) is 11.9 Å². The summed E-state index contributed by atoms with van der Waals surface area (Å²) in [6.45, 7) is 6.32. The molecule has 4 nitrogen and oxygen atoms in total. The summed E-state index contributed by atoms with van der Waals surface area (Å²) in [4.78, 5) is 26.2. The number of thiophene rings is 1. The Hall–Kier alpha value is -2.14. The maximum absolute atomic E-state index is 12.6. The van der Waals surface area contributed by atoms with Crippen LogP contribution in [0.3, 0.4) is 0 Å². The van der Waals surface area contributed by atoms with Gasteiger partial charge in [-0.25, -0.2) is 4.79 Å². The van der Waals surface area contributed by atoms with Crippen LogP contribution >= 0.6 is 11.3 Å². The van der Waals surface area contributed by atoms with E-state index >= 15 is 0 Å². The molecule has 0 radical (unpaired) electrons. The van der Waals surface area contributed by atoms with E-state index in [0.29, 0.717) is 28.7 Å². The number of rotatable bonds is 4. The van der Waals surface area contributed by atoms with E-state index in [9.17, 15) is 9.59 Å². The molecule has 0 saturated heterocycles. The molecule has 1 heterocycles. The summed E-state index contributed by atoms with van der Waals surface area (Å²) in [5, 5.41) is 3.55. The van der Waals surface area contributed by atoms with Gasteiger partial charge in [0.05, 0.1) is 12.2 Å². The maximum atomic E-state index is 12.6. The SMILES string of the molecule is CCOC(=O)c1c(NC(=O)c2ccc(C)cc2)sc2c1CCC(C)C2. The third kappa shape index (κ3) is 3.76. The quantitative estimate of drug-likeness (QED) is 0.813. The summed E-state index contributed by atoms with van der Waals surface area (Å²) in [5.41, 5.74) is 3.29. The van der Waals surface area contributed by atoms with Crippen molar-refractivity contribution in [3.8, 4) is 0 Å². The molecule has 1 aliphatic carbocycles. The first-order valence-corrected chi connectivity index (χ1v) is 9.51. The number of carbonyl (C=O) groups is 2. The minimum atomic E-state index is -0.339. The molecule has 0 spiro atoms. The molecule has 5 heteroatoms. The molecule has 1 N–H and O–H groups in total. The topological polar surface area (TPSA) is 55.4 Å². The zero-order valence-corrected chi connectivity index (χ0v) is 15.7. The molecular weight excluding hydrogens is 334 g/mol. The van der Waals surface area contributed by atoms with Crippen molar-refractivity contribution in [3.63, 3.8) is 0 Å². The minimum Gasteiger partial charge on any atom is -0.462 e. The van der Waals surface area contributed by atoms with Gasteiger partial charge in [-0.05, 0) is 56.7 Å². The number of amides is 1. The van der Waals surface area contributed by atoms with Crippen LogP contribution in [0.5, 0.6) is 0 Å². The van der Waals surface area contributed by atoms with Crippen molar-refractivity contribution < 1.29 is 14.3 Å². The Balaban J connectivity index is 1.93. The van der Waals surface area contributed by atoms with Gasteiger partial charge in [0, 0.05) is 10.4 Å². The van der Waals surface area contributed by atoms with E-state index < -0.39 is 0 Å². The largest absolute Gasteiger partial charge is 0.462 e. The third-order valence-electron chi connectivity index (χ3n) is 4.53. The number of nitrogens with one attached hydrogen (secondary N) is 1. The predicted octanol–water partition coefficient (Wildman–Crippen LogP) is 4.61. The Labute approximate surface area is 152 Å². The van der Waals surface area contributed by atoms with Gasteiger partial charge < -0.3 is 10.1 Å². The summed E-state index contributed by atoms with van der Waals surface area (Å²) >= 11 is 1.51. The highest BCUT2D eigenvalue weighted by atomic mass is 32.1. The summed E-state index contributed by atoms with van der Waals surface area (Å²) in [5.74, 6) is 0.0628. The van der Waals surface area contributed by atoms with Crippen LogP contribution in [-0.2, 0) is 17.6 Å². The van der Waals surface area contributed by atoms with Crippen LogP contribution in [-0.4, -0.2) is 18.5 Å². The van der Waals surface area contributed by atoms with Gasteiger partial charge in [0.25, 0.3) is 5.91 Å². The van der Waals surface area contributed by atoms with Crippen molar-refractivity contribution in [2.24, 2.45) is 5.92 Å². The highest BCUT2D eigenvalue weighted by molar-refractivity contribution is 7.17. The van der Waals surface area contributed by atoms with Crippen LogP contribution < -0.4 is 5.32 Å². The van der Waals surface area contributed by atoms with Gasteiger partial charge >= 0.3 is 5.97 Å². The number of anilines is 1. The lowest BCUT2D eigenvalue weighted by Crippen LogP contribution is -2.16. The number of hydrogen-bond donors (Lipinski definition) is 1. The molecule has 1 amide bonds. The second kappa shape index (κ2) is 7.40. The summed E-state index contributed by atoms with van der Waals surface area (Å²) in [7, 11) is 0. The fourth-order valence-electron chi connectivity index (χ4n) is 3.14. The van der Waals surface area contributed by atoms with Crippen LogP contribution in [0.4, 0.5) is 5.00 Å². The molecule has 132 valence electrons. The Morgan fingerprint density at radius 1 is 1.28 bits per heavy atom. The zero-order valence-electron chi connectivity index (χ0n) is 14.8. The minimum absolute atomic E-state index is 0.197. The molecular formula is C20H23NO3S. The first-order chi connectivity index (χ1) is 12.0. The molecule has 0 aliphatic heterocycles. The van der Waals surface area contributed by atoms with Crippen LogP contribution in [0, 0.1) is 12.8 Å². The van der Waals surface area contributed by atoms with Crippen molar-refractivity contribution in [3.05, 3.63) is 51.4 Å². The second-order valence-electron chi connectivity index (χ2n) is 6.60. The molecule has 1 unspecified atom stereocenters. The van der Waals surface area contributed by atoms with Crippen molar-refractivity contribution in [1.82, 2.24) is 0 Å². The smallest absolute Gasteiger partial charge is 0.341 e. The summed E-state index contributed by atoms with van der Waals surface area (Å²) in [6.07, 6.45) is 2.87. The van der Waals surface area contributed by atoms with Gasteiger partial charge in [-0.15, -0.1) is 11.3 Å². The lowest BCUT2D eigenvalue weighted by atomic mass is 9.88. The van der Waals surface area contributed by atoms with E-state index in [4.69, 9.17) is 4.74 Å². The van der Waals surface area contributed by atoms with Gasteiger partial charge in [0.2, 0.25) is 0 Å². The fraction of sp³-hybridized carbons (Fsp3) is 0.400. The van der Waals surface area contributed by atoms with Gasteiger partial charge in [0.1, 0.15) is 5.00 Å². The zero-order chi connectivity index (χ0) is 18.0. The van der Waals surface area contributed by atoms with Gasteiger partial charge in [-0.1, -0.05) is 24.6 Å². The van der Waals surface area contributed by atoms with E-state index in [-0.39, 0.29) is 11.9 Å². The molecule has 0 saturated carbocycles. The average Bonchev–Trinajstić information content (AvgIpc) is 2.92. The van der Waals surface area contributed by atoms with E-state index in [1.807, 2.05) is 19.1 Å². The van der Waals surface area contributed by atoms with Crippen molar-refractivity contribution >= 4 is 28.2 Å².